The predicted octanol–water partition coefficient (Wildman–Crippen LogP) is 4.57. The summed E-state index contributed by atoms with van der Waals surface area (Å²) in [7, 11) is 1.58. The number of hydrogen-bond donors (Lipinski definition) is 0. The van der Waals surface area contributed by atoms with Crippen LogP contribution in [0.1, 0.15) is 24.2 Å². The number of benzene rings is 2. The molecule has 1 heterocycles. The second-order valence-electron chi connectivity index (χ2n) is 6.04. The smallest absolute Gasteiger partial charge is 0.277 e. The third kappa shape index (κ3) is 4.72. The van der Waals surface area contributed by atoms with E-state index in [1.54, 1.807) is 31.4 Å². The molecule has 7 heteroatoms. The van der Waals surface area contributed by atoms with Crippen LogP contribution < -0.4 is 9.64 Å². The third-order valence-corrected chi connectivity index (χ3v) is 5.19. The maximum Gasteiger partial charge on any atom is 0.277 e. The topological polar surface area (TPSA) is 68.5 Å². The minimum absolute atomic E-state index is 0.0211. The highest BCUT2D eigenvalue weighted by Crippen LogP contribution is 2.26. The van der Waals surface area contributed by atoms with Gasteiger partial charge in [0, 0.05) is 29.9 Å². The second kappa shape index (κ2) is 9.41. The van der Waals surface area contributed by atoms with E-state index in [-0.39, 0.29) is 11.5 Å². The number of Topliss-reactive ketones (excluding diaryl/α,β-unsaturated/α-hetero) is 1. The molecule has 1 aromatic heterocycles. The van der Waals surface area contributed by atoms with Crippen molar-refractivity contribution in [3.8, 4) is 17.2 Å². The number of aromatic nitrogens is 2. The van der Waals surface area contributed by atoms with Gasteiger partial charge in [-0.25, -0.2) is 0 Å². The summed E-state index contributed by atoms with van der Waals surface area (Å²) in [6.07, 6.45) is 0. The molecule has 2 aromatic carbocycles. The fourth-order valence-electron chi connectivity index (χ4n) is 2.80. The molecule has 0 aliphatic heterocycles. The van der Waals surface area contributed by atoms with Crippen molar-refractivity contribution in [1.82, 2.24) is 10.2 Å². The van der Waals surface area contributed by atoms with Gasteiger partial charge in [-0.3, -0.25) is 4.79 Å². The average molecular weight is 398 g/mol. The summed E-state index contributed by atoms with van der Waals surface area (Å²) in [5.74, 6) is 1.30. The molecule has 6 nitrogen and oxygen atoms in total. The van der Waals surface area contributed by atoms with Crippen LogP contribution in [0.15, 0.2) is 58.2 Å². The molecule has 0 amide bonds. The van der Waals surface area contributed by atoms with Crippen LogP contribution in [0.25, 0.3) is 11.5 Å². The molecule has 0 N–H and O–H groups in total. The van der Waals surface area contributed by atoms with Gasteiger partial charge in [-0.1, -0.05) is 23.9 Å². The molecule has 0 unspecified atom stereocenters. The number of ketones is 1. The minimum atomic E-state index is -0.0211. The number of rotatable bonds is 9. The van der Waals surface area contributed by atoms with Gasteiger partial charge in [0.1, 0.15) is 5.75 Å². The molecule has 3 rings (SSSR count). The van der Waals surface area contributed by atoms with Crippen LogP contribution in [0.5, 0.6) is 5.75 Å². The lowest BCUT2D eigenvalue weighted by molar-refractivity contribution is 0.102. The van der Waals surface area contributed by atoms with E-state index in [0.717, 1.165) is 24.3 Å². The standard InChI is InChI=1S/C21H23N3O3S/c1-4-24(5-2)17-11-9-15(10-12-17)20-22-23-21(27-20)28-14-19(25)16-7-6-8-18(13-16)26-3/h6-13H,4-5,14H2,1-3H3. The van der Waals surface area contributed by atoms with Crippen LogP contribution >= 0.6 is 11.8 Å². The summed E-state index contributed by atoms with van der Waals surface area (Å²) in [5.41, 5.74) is 2.61. The molecule has 0 bridgehead atoms. The molecular weight excluding hydrogens is 374 g/mol. The summed E-state index contributed by atoms with van der Waals surface area (Å²) in [6.45, 7) is 6.18. The molecule has 0 spiro atoms. The van der Waals surface area contributed by atoms with E-state index < -0.39 is 0 Å². The van der Waals surface area contributed by atoms with Crippen molar-refractivity contribution in [2.24, 2.45) is 0 Å². The SMILES string of the molecule is CCN(CC)c1ccc(-c2nnc(SCC(=O)c3cccc(OC)c3)o2)cc1. The summed E-state index contributed by atoms with van der Waals surface area (Å²) in [4.78, 5) is 14.6. The Balaban J connectivity index is 1.63. The number of nitrogens with zero attached hydrogens (tertiary/aromatic N) is 3. The Bertz CT molecular complexity index is 921. The van der Waals surface area contributed by atoms with Crippen molar-refractivity contribution in [1.29, 1.82) is 0 Å². The quantitative estimate of drug-likeness (QED) is 0.387. The van der Waals surface area contributed by atoms with Crippen molar-refractivity contribution >= 4 is 23.2 Å². The first-order valence-corrected chi connectivity index (χ1v) is 10.1. The Morgan fingerprint density at radius 3 is 2.54 bits per heavy atom. The highest BCUT2D eigenvalue weighted by molar-refractivity contribution is 7.99. The zero-order chi connectivity index (χ0) is 19.9. The summed E-state index contributed by atoms with van der Waals surface area (Å²) >= 11 is 1.23. The van der Waals surface area contributed by atoms with Crippen LogP contribution in [-0.4, -0.2) is 41.9 Å². The number of hydrogen-bond acceptors (Lipinski definition) is 7. The van der Waals surface area contributed by atoms with Gasteiger partial charge in [-0.2, -0.15) is 0 Å². The molecule has 146 valence electrons. The average Bonchev–Trinajstić information content (AvgIpc) is 3.22. The molecule has 0 fully saturated rings. The molecule has 0 saturated heterocycles. The van der Waals surface area contributed by atoms with Crippen molar-refractivity contribution in [3.63, 3.8) is 0 Å². The fourth-order valence-corrected chi connectivity index (χ4v) is 3.45. The monoisotopic (exact) mass is 397 g/mol. The lowest BCUT2D eigenvalue weighted by atomic mass is 10.1. The molecule has 28 heavy (non-hydrogen) atoms. The maximum atomic E-state index is 12.4. The number of carbonyl (C=O) groups excluding carboxylic acids is 1. The fraction of sp³-hybridized carbons (Fsp3) is 0.286. The highest BCUT2D eigenvalue weighted by Gasteiger charge is 2.13. The minimum Gasteiger partial charge on any atom is -0.497 e. The van der Waals surface area contributed by atoms with Crippen molar-refractivity contribution in [2.75, 3.05) is 30.9 Å². The zero-order valence-corrected chi connectivity index (χ0v) is 17.0. The largest absolute Gasteiger partial charge is 0.497 e. The Kier molecular flexibility index (Phi) is 6.71. The number of ether oxygens (including phenoxy) is 1. The first-order valence-electron chi connectivity index (χ1n) is 9.13. The van der Waals surface area contributed by atoms with Crippen LogP contribution in [0, 0.1) is 0 Å². The van der Waals surface area contributed by atoms with Gasteiger partial charge < -0.3 is 14.1 Å². The lowest BCUT2D eigenvalue weighted by Crippen LogP contribution is -2.21. The first kappa shape index (κ1) is 19.9. The van der Waals surface area contributed by atoms with Crippen LogP contribution in [-0.2, 0) is 0 Å². The Labute approximate surface area is 168 Å². The highest BCUT2D eigenvalue weighted by atomic mass is 32.2. The van der Waals surface area contributed by atoms with E-state index in [2.05, 4.69) is 28.9 Å². The molecule has 3 aromatic rings. The number of thioether (sulfide) groups is 1. The molecule has 0 saturated carbocycles. The molecule has 0 atom stereocenters. The van der Waals surface area contributed by atoms with E-state index >= 15 is 0 Å². The second-order valence-corrected chi connectivity index (χ2v) is 6.96. The Morgan fingerprint density at radius 1 is 1.11 bits per heavy atom. The molecule has 0 aliphatic carbocycles. The molecule has 0 aliphatic rings. The van der Waals surface area contributed by atoms with Crippen LogP contribution in [0.3, 0.4) is 0 Å². The van der Waals surface area contributed by atoms with Gasteiger partial charge in [0.25, 0.3) is 5.22 Å². The van der Waals surface area contributed by atoms with Crippen molar-refractivity contribution in [2.45, 2.75) is 19.1 Å². The number of carbonyl (C=O) groups is 1. The Hall–Kier alpha value is -2.80. The van der Waals surface area contributed by atoms with Gasteiger partial charge in [0.15, 0.2) is 5.78 Å². The van der Waals surface area contributed by atoms with E-state index in [1.807, 2.05) is 24.3 Å². The Morgan fingerprint density at radius 2 is 1.86 bits per heavy atom. The zero-order valence-electron chi connectivity index (χ0n) is 16.2. The number of methoxy groups -OCH3 is 1. The first-order chi connectivity index (χ1) is 13.6. The third-order valence-electron chi connectivity index (χ3n) is 4.37. The van der Waals surface area contributed by atoms with E-state index in [1.165, 1.54) is 11.8 Å². The van der Waals surface area contributed by atoms with Crippen molar-refractivity contribution < 1.29 is 13.9 Å². The van der Waals surface area contributed by atoms with Gasteiger partial charge in [0.05, 0.1) is 12.9 Å². The maximum absolute atomic E-state index is 12.4. The van der Waals surface area contributed by atoms with Gasteiger partial charge in [0.2, 0.25) is 5.89 Å². The molecular formula is C21H23N3O3S. The normalized spacial score (nSPS) is 10.7. The molecule has 0 radical (unpaired) electrons. The van der Waals surface area contributed by atoms with Crippen LogP contribution in [0.2, 0.25) is 0 Å². The summed E-state index contributed by atoms with van der Waals surface area (Å²) in [6, 6.07) is 15.1. The van der Waals surface area contributed by atoms with Gasteiger partial charge in [-0.05, 0) is 50.2 Å². The summed E-state index contributed by atoms with van der Waals surface area (Å²) in [5, 5.41) is 8.51. The number of anilines is 1. The summed E-state index contributed by atoms with van der Waals surface area (Å²) < 4.78 is 10.9. The van der Waals surface area contributed by atoms with Gasteiger partial charge >= 0.3 is 0 Å². The predicted molar refractivity (Wildman–Crippen MR) is 111 cm³/mol. The van der Waals surface area contributed by atoms with Gasteiger partial charge in [-0.15, -0.1) is 10.2 Å². The van der Waals surface area contributed by atoms with E-state index in [9.17, 15) is 4.79 Å². The van der Waals surface area contributed by atoms with Crippen LogP contribution in [0.4, 0.5) is 5.69 Å². The van der Waals surface area contributed by atoms with E-state index in [4.69, 9.17) is 9.15 Å². The van der Waals surface area contributed by atoms with E-state index in [0.29, 0.717) is 22.4 Å². The van der Waals surface area contributed by atoms with Crippen molar-refractivity contribution in [3.05, 3.63) is 54.1 Å². The lowest BCUT2D eigenvalue weighted by Gasteiger charge is -2.20.